The first kappa shape index (κ1) is 21.0. The molecule has 2 aliphatic carbocycles. The minimum atomic E-state index is -0.286. The molecule has 0 aromatic heterocycles. The predicted molar refractivity (Wildman–Crippen MR) is 109 cm³/mol. The van der Waals surface area contributed by atoms with Gasteiger partial charge < -0.3 is 9.84 Å². The highest BCUT2D eigenvalue weighted by Gasteiger charge is 2.50. The Morgan fingerprint density at radius 2 is 1.46 bits per heavy atom. The lowest BCUT2D eigenvalue weighted by molar-refractivity contribution is -0.140. The molecule has 0 aliphatic heterocycles. The summed E-state index contributed by atoms with van der Waals surface area (Å²) >= 11 is 0. The molecule has 3 rings (SSSR count). The Morgan fingerprint density at radius 1 is 0.929 bits per heavy atom. The molecule has 28 heavy (non-hydrogen) atoms. The molecule has 0 amide bonds. The maximum absolute atomic E-state index is 12.4. The van der Waals surface area contributed by atoms with E-state index in [-0.39, 0.29) is 22.9 Å². The fourth-order valence-corrected chi connectivity index (χ4v) is 4.17. The van der Waals surface area contributed by atoms with E-state index in [1.54, 1.807) is 6.92 Å². The zero-order valence-electron chi connectivity index (χ0n) is 17.1. The topological polar surface area (TPSA) is 63.6 Å². The summed E-state index contributed by atoms with van der Waals surface area (Å²) in [7, 11) is 0. The van der Waals surface area contributed by atoms with Crippen molar-refractivity contribution in [3.05, 3.63) is 30.3 Å². The van der Waals surface area contributed by atoms with E-state index < -0.39 is 0 Å². The number of carbonyl (C=O) groups is 2. The predicted octanol–water partition coefficient (Wildman–Crippen LogP) is 5.22. The quantitative estimate of drug-likeness (QED) is 0.287. The first-order valence-corrected chi connectivity index (χ1v) is 10.9. The van der Waals surface area contributed by atoms with Crippen LogP contribution in [-0.4, -0.2) is 23.0 Å². The highest BCUT2D eigenvalue weighted by atomic mass is 16.5. The van der Waals surface area contributed by atoms with E-state index in [4.69, 9.17) is 4.74 Å². The van der Waals surface area contributed by atoms with Crippen LogP contribution in [0, 0.1) is 10.8 Å². The normalized spacial score (nSPS) is 19.6. The molecule has 0 spiro atoms. The Bertz CT molecular complexity index is 658. The fourth-order valence-electron chi connectivity index (χ4n) is 4.17. The molecule has 2 fully saturated rings. The number of Topliss-reactive ketones (excluding diaryl/α,β-unsaturated/α-hetero) is 1. The van der Waals surface area contributed by atoms with E-state index in [1.807, 2.05) is 30.3 Å². The van der Waals surface area contributed by atoms with E-state index in [1.165, 1.54) is 0 Å². The third-order valence-electron chi connectivity index (χ3n) is 6.73. The Kier molecular flexibility index (Phi) is 6.92. The summed E-state index contributed by atoms with van der Waals surface area (Å²) in [5, 5.41) is 10.2. The summed E-state index contributed by atoms with van der Waals surface area (Å²) in [6, 6.07) is 9.27. The average Bonchev–Trinajstić information content (AvgIpc) is 3.59. The molecule has 0 bridgehead atoms. The minimum Gasteiger partial charge on any atom is -0.426 e. The number of aliphatic hydroxyl groups is 1. The number of hydrogen-bond donors (Lipinski definition) is 1. The van der Waals surface area contributed by atoms with Crippen LogP contribution in [0.5, 0.6) is 5.75 Å². The zero-order valence-corrected chi connectivity index (χ0v) is 17.1. The Morgan fingerprint density at radius 3 is 1.96 bits per heavy atom. The van der Waals surface area contributed by atoms with Gasteiger partial charge in [0.05, 0.1) is 11.5 Å². The third kappa shape index (κ3) is 5.66. The lowest BCUT2D eigenvalue weighted by Gasteiger charge is -2.15. The minimum absolute atomic E-state index is 0.00209. The third-order valence-corrected chi connectivity index (χ3v) is 6.73. The second kappa shape index (κ2) is 9.21. The van der Waals surface area contributed by atoms with Crippen molar-refractivity contribution in [2.45, 2.75) is 90.1 Å². The van der Waals surface area contributed by atoms with Gasteiger partial charge in [-0.3, -0.25) is 9.59 Å². The van der Waals surface area contributed by atoms with Crippen molar-refractivity contribution in [1.29, 1.82) is 0 Å². The van der Waals surface area contributed by atoms with Gasteiger partial charge in [0.2, 0.25) is 0 Å². The number of esters is 1. The van der Waals surface area contributed by atoms with Crippen molar-refractivity contribution in [3.8, 4) is 5.75 Å². The van der Waals surface area contributed by atoms with Crippen molar-refractivity contribution < 1.29 is 19.4 Å². The molecule has 1 aromatic rings. The molecule has 1 N–H and O–H groups in total. The summed E-state index contributed by atoms with van der Waals surface area (Å²) in [6.45, 7) is 1.71. The van der Waals surface area contributed by atoms with Gasteiger partial charge in [0.15, 0.2) is 0 Å². The van der Waals surface area contributed by atoms with E-state index in [2.05, 4.69) is 0 Å². The van der Waals surface area contributed by atoms with Crippen LogP contribution in [-0.2, 0) is 9.59 Å². The van der Waals surface area contributed by atoms with Crippen LogP contribution in [0.2, 0.25) is 0 Å². The van der Waals surface area contributed by atoms with Crippen LogP contribution in [0.25, 0.3) is 0 Å². The Balaban J connectivity index is 1.26. The number of ether oxygens (including phenoxy) is 1. The first-order valence-electron chi connectivity index (χ1n) is 10.9. The second-order valence-corrected chi connectivity index (χ2v) is 8.96. The van der Waals surface area contributed by atoms with Crippen LogP contribution < -0.4 is 4.74 Å². The summed E-state index contributed by atoms with van der Waals surface area (Å²) in [4.78, 5) is 24.0. The zero-order chi connectivity index (χ0) is 20.0. The van der Waals surface area contributed by atoms with E-state index >= 15 is 0 Å². The van der Waals surface area contributed by atoms with E-state index in [9.17, 15) is 14.7 Å². The Hall–Kier alpha value is -1.68. The standard InChI is InChI=1S/C24H34O4/c1-19(25)23(15-16-23)13-7-5-9-20(26)10-6-8-14-24(17-18-24)22(27)28-21-11-3-2-4-12-21/h2-4,11-12,20,26H,5-10,13-18H2,1H3. The van der Waals surface area contributed by atoms with Crippen molar-refractivity contribution >= 4 is 11.8 Å². The molecule has 0 radical (unpaired) electrons. The van der Waals surface area contributed by atoms with E-state index in [0.717, 1.165) is 77.0 Å². The number of benzene rings is 1. The Labute approximate surface area is 168 Å². The summed E-state index contributed by atoms with van der Waals surface area (Å²) in [5.41, 5.74) is -0.288. The van der Waals surface area contributed by atoms with Crippen LogP contribution >= 0.6 is 0 Å². The van der Waals surface area contributed by atoms with Gasteiger partial charge in [0.25, 0.3) is 0 Å². The van der Waals surface area contributed by atoms with Crippen LogP contribution in [0.1, 0.15) is 84.0 Å². The van der Waals surface area contributed by atoms with Gasteiger partial charge in [-0.05, 0) is 70.4 Å². The van der Waals surface area contributed by atoms with Gasteiger partial charge >= 0.3 is 5.97 Å². The summed E-state index contributed by atoms with van der Waals surface area (Å²) in [6.07, 6.45) is 11.0. The smallest absolute Gasteiger partial charge is 0.317 e. The van der Waals surface area contributed by atoms with Gasteiger partial charge in [-0.2, -0.15) is 0 Å². The molecule has 154 valence electrons. The van der Waals surface area contributed by atoms with Gasteiger partial charge in [-0.1, -0.05) is 43.9 Å². The molecule has 1 atom stereocenters. The van der Waals surface area contributed by atoms with Crippen molar-refractivity contribution in [2.24, 2.45) is 10.8 Å². The summed E-state index contributed by atoms with van der Waals surface area (Å²) in [5.74, 6) is 0.860. The highest BCUT2D eigenvalue weighted by Crippen LogP contribution is 2.51. The van der Waals surface area contributed by atoms with Gasteiger partial charge in [0, 0.05) is 5.41 Å². The van der Waals surface area contributed by atoms with Crippen LogP contribution in [0.3, 0.4) is 0 Å². The number of rotatable bonds is 13. The van der Waals surface area contributed by atoms with Crippen molar-refractivity contribution in [1.82, 2.24) is 0 Å². The molecule has 4 heteroatoms. The van der Waals surface area contributed by atoms with Gasteiger partial charge in [-0.15, -0.1) is 0 Å². The maximum atomic E-state index is 12.4. The van der Waals surface area contributed by atoms with Crippen LogP contribution in [0.15, 0.2) is 30.3 Å². The van der Waals surface area contributed by atoms with Gasteiger partial charge in [-0.25, -0.2) is 0 Å². The molecule has 2 saturated carbocycles. The first-order chi connectivity index (χ1) is 13.5. The molecular weight excluding hydrogens is 352 g/mol. The molecule has 1 unspecified atom stereocenters. The lowest BCUT2D eigenvalue weighted by Crippen LogP contribution is -2.22. The maximum Gasteiger partial charge on any atom is 0.317 e. The number of carbonyl (C=O) groups excluding carboxylic acids is 2. The van der Waals surface area contributed by atoms with Crippen molar-refractivity contribution in [2.75, 3.05) is 0 Å². The second-order valence-electron chi connectivity index (χ2n) is 8.96. The van der Waals surface area contributed by atoms with Crippen molar-refractivity contribution in [3.63, 3.8) is 0 Å². The van der Waals surface area contributed by atoms with E-state index in [0.29, 0.717) is 11.5 Å². The molecule has 0 saturated heterocycles. The number of unbranched alkanes of at least 4 members (excludes halogenated alkanes) is 2. The number of ketones is 1. The fraction of sp³-hybridized carbons (Fsp3) is 0.667. The molecule has 1 aromatic carbocycles. The SMILES string of the molecule is CC(=O)C1(CCCCC(O)CCCCC2(C(=O)Oc3ccccc3)CC2)CC1. The molecule has 0 heterocycles. The molecular formula is C24H34O4. The van der Waals surface area contributed by atoms with Crippen LogP contribution in [0.4, 0.5) is 0 Å². The van der Waals surface area contributed by atoms with Gasteiger partial charge in [0.1, 0.15) is 11.5 Å². The highest BCUT2D eigenvalue weighted by molar-refractivity contribution is 5.84. The largest absolute Gasteiger partial charge is 0.426 e. The lowest BCUT2D eigenvalue weighted by atomic mass is 9.93. The average molecular weight is 387 g/mol. The number of hydrogen-bond acceptors (Lipinski definition) is 4. The monoisotopic (exact) mass is 386 g/mol. The summed E-state index contributed by atoms with van der Waals surface area (Å²) < 4.78 is 5.52. The number of aliphatic hydroxyl groups excluding tert-OH is 1. The molecule has 4 nitrogen and oxygen atoms in total. The number of para-hydroxylation sites is 1. The molecule has 2 aliphatic rings.